The molecule has 348 valence electrons. The Balaban J connectivity index is 0.792. The second-order valence-electron chi connectivity index (χ2n) is 17.8. The molecule has 3 aliphatic heterocycles. The van der Waals surface area contributed by atoms with Gasteiger partial charge in [0.15, 0.2) is 0 Å². The average molecular weight is 912 g/mol. The Kier molecular flexibility index (Phi) is 14.6. The van der Waals surface area contributed by atoms with Gasteiger partial charge in [0, 0.05) is 43.2 Å². The summed E-state index contributed by atoms with van der Waals surface area (Å²) in [4.78, 5) is 46.0. The number of fused-ring (bicyclic) bond motifs is 4. The van der Waals surface area contributed by atoms with E-state index in [1.165, 1.54) is 12.1 Å². The van der Waals surface area contributed by atoms with E-state index in [2.05, 4.69) is 44.8 Å². The summed E-state index contributed by atoms with van der Waals surface area (Å²) in [6.45, 7) is 5.03. The number of aliphatic hydroxyl groups is 1. The number of hydrogen-bond donors (Lipinski definition) is 5. The van der Waals surface area contributed by atoms with Crippen molar-refractivity contribution in [1.82, 2.24) is 25.4 Å². The number of carbonyl (C=O) groups is 2. The summed E-state index contributed by atoms with van der Waals surface area (Å²) in [6, 6.07) is 49.3. The van der Waals surface area contributed by atoms with Crippen LogP contribution in [0.25, 0.3) is 22.0 Å². The summed E-state index contributed by atoms with van der Waals surface area (Å²) in [7, 11) is 0. The number of aromatic amines is 1. The number of piperidine rings is 3. The lowest BCUT2D eigenvalue weighted by molar-refractivity contribution is -0.0336. The molecule has 1 aromatic heterocycles. The van der Waals surface area contributed by atoms with Crippen molar-refractivity contribution in [2.75, 3.05) is 39.3 Å². The number of ether oxygens (including phenoxy) is 2. The predicted octanol–water partition coefficient (Wildman–Crippen LogP) is 8.75. The summed E-state index contributed by atoms with van der Waals surface area (Å²) in [6.07, 6.45) is 1.45. The van der Waals surface area contributed by atoms with Crippen molar-refractivity contribution in [2.45, 2.75) is 50.7 Å². The number of rotatable bonds is 18. The molecular formula is C56H57N5O7. The van der Waals surface area contributed by atoms with Gasteiger partial charge in [-0.25, -0.2) is 4.79 Å². The van der Waals surface area contributed by atoms with E-state index < -0.39 is 12.2 Å². The summed E-state index contributed by atoms with van der Waals surface area (Å²) in [5, 5.41) is 28.3. The zero-order valence-corrected chi connectivity index (χ0v) is 37.9. The summed E-state index contributed by atoms with van der Waals surface area (Å²) < 4.78 is 12.3. The van der Waals surface area contributed by atoms with Gasteiger partial charge >= 0.3 is 6.09 Å². The van der Waals surface area contributed by atoms with Crippen LogP contribution >= 0.6 is 0 Å². The second kappa shape index (κ2) is 21.6. The van der Waals surface area contributed by atoms with Crippen LogP contribution < -0.4 is 20.9 Å². The molecule has 3 fully saturated rings. The van der Waals surface area contributed by atoms with Crippen molar-refractivity contribution in [1.29, 1.82) is 0 Å². The lowest BCUT2D eigenvalue weighted by Gasteiger charge is -2.43. The molecule has 0 spiro atoms. The minimum atomic E-state index is -0.878. The standard InChI is InChI=1S/C56H57N5O7/c62-49-25-23-47(48-24-26-52(64)58-54(48)49)50(63)34-57-29-8-30-61(35-38-9-3-1-4-10-38)55(65)44-17-15-39(16-18-44)37-67-46-14-7-13-45(33-46)40-19-21-43(22-20-40)53(42-11-5-2-6-12-42)59-56(66)68-51-36-60-31-27-41(51)28-32-60/h1-7,9-26,33,41,50-51,53,57,62-63H,8,27-32,34-37H2,(H,58,64)(H,59,66)/t50-,51-,53-/m0/s1. The molecule has 6 aromatic carbocycles. The third kappa shape index (κ3) is 11.3. The van der Waals surface area contributed by atoms with Gasteiger partial charge < -0.3 is 40.2 Å². The van der Waals surface area contributed by atoms with Crippen LogP contribution in [0.5, 0.6) is 11.5 Å². The maximum absolute atomic E-state index is 14.0. The Morgan fingerprint density at radius 3 is 2.25 bits per heavy atom. The van der Waals surface area contributed by atoms with Crippen LogP contribution in [0.15, 0.2) is 163 Å². The molecule has 68 heavy (non-hydrogen) atoms. The molecule has 3 saturated heterocycles. The minimum Gasteiger partial charge on any atom is -0.506 e. The van der Waals surface area contributed by atoms with Crippen LogP contribution in [-0.4, -0.2) is 82.4 Å². The quantitative estimate of drug-likeness (QED) is 0.0532. The van der Waals surface area contributed by atoms with Crippen molar-refractivity contribution in [3.05, 3.63) is 201 Å². The number of phenols is 1. The molecule has 3 aliphatic rings. The fraction of sp³-hybridized carbons (Fsp3) is 0.268. The van der Waals surface area contributed by atoms with Gasteiger partial charge in [0.1, 0.15) is 24.2 Å². The number of aromatic hydroxyl groups is 1. The van der Waals surface area contributed by atoms with Gasteiger partial charge in [0.2, 0.25) is 5.56 Å². The van der Waals surface area contributed by atoms with Crippen LogP contribution in [0.3, 0.4) is 0 Å². The number of amides is 2. The van der Waals surface area contributed by atoms with Crippen LogP contribution in [0.1, 0.15) is 69.6 Å². The van der Waals surface area contributed by atoms with E-state index in [1.54, 1.807) is 12.1 Å². The molecule has 4 heterocycles. The van der Waals surface area contributed by atoms with Gasteiger partial charge in [0.25, 0.3) is 5.91 Å². The molecule has 2 bridgehead atoms. The average Bonchev–Trinajstić information content (AvgIpc) is 3.38. The molecule has 0 unspecified atom stereocenters. The number of aliphatic hydroxyl groups excluding tert-OH is 1. The third-order valence-electron chi connectivity index (χ3n) is 13.2. The molecule has 3 atom stereocenters. The fourth-order valence-electron chi connectivity index (χ4n) is 9.41. The number of nitrogens with zero attached hydrogens (tertiary/aromatic N) is 2. The number of benzene rings is 6. The van der Waals surface area contributed by atoms with Gasteiger partial charge in [-0.3, -0.25) is 14.5 Å². The number of aromatic nitrogens is 1. The van der Waals surface area contributed by atoms with Crippen molar-refractivity contribution in [3.8, 4) is 22.6 Å². The molecule has 12 heteroatoms. The maximum Gasteiger partial charge on any atom is 0.408 e. The van der Waals surface area contributed by atoms with Crippen LogP contribution in [0.2, 0.25) is 0 Å². The first-order chi connectivity index (χ1) is 33.2. The number of phenolic OH excluding ortho intramolecular Hbond substituents is 1. The molecule has 10 rings (SSSR count). The number of H-pyrrole nitrogens is 1. The Morgan fingerprint density at radius 2 is 1.51 bits per heavy atom. The molecule has 5 N–H and O–H groups in total. The first kappa shape index (κ1) is 45.9. The topological polar surface area (TPSA) is 156 Å². The SMILES string of the molecule is O=C(N[C@@H](c1ccccc1)c1ccc(-c2cccc(OCc3ccc(C(=O)N(CCCNC[C@H](O)c4ccc(O)c5[nH]c(=O)ccc45)Cc4ccccc4)cc3)c2)cc1)O[C@H]1CN2CCC1CC2. The van der Waals surface area contributed by atoms with Gasteiger partial charge in [-0.05, 0) is 120 Å². The summed E-state index contributed by atoms with van der Waals surface area (Å²) in [5.74, 6) is 1.00. The van der Waals surface area contributed by atoms with Crippen molar-refractivity contribution >= 4 is 22.9 Å². The highest BCUT2D eigenvalue weighted by Crippen LogP contribution is 2.32. The smallest absolute Gasteiger partial charge is 0.408 e. The zero-order valence-electron chi connectivity index (χ0n) is 37.9. The largest absolute Gasteiger partial charge is 0.506 e. The normalized spacial score (nSPS) is 17.3. The van der Waals surface area contributed by atoms with E-state index in [0.29, 0.717) is 60.8 Å². The van der Waals surface area contributed by atoms with E-state index in [1.807, 2.05) is 114 Å². The molecule has 7 aromatic rings. The third-order valence-corrected chi connectivity index (χ3v) is 13.2. The maximum atomic E-state index is 14.0. The summed E-state index contributed by atoms with van der Waals surface area (Å²) >= 11 is 0. The van der Waals surface area contributed by atoms with Gasteiger partial charge in [-0.1, -0.05) is 115 Å². The molecule has 12 nitrogen and oxygen atoms in total. The Morgan fingerprint density at radius 1 is 0.779 bits per heavy atom. The molecule has 0 aliphatic carbocycles. The number of pyridine rings is 1. The van der Waals surface area contributed by atoms with E-state index in [9.17, 15) is 24.6 Å². The van der Waals surface area contributed by atoms with E-state index in [-0.39, 0.29) is 41.4 Å². The predicted molar refractivity (Wildman–Crippen MR) is 263 cm³/mol. The van der Waals surface area contributed by atoms with Crippen LogP contribution in [-0.2, 0) is 17.9 Å². The van der Waals surface area contributed by atoms with Crippen molar-refractivity contribution in [2.24, 2.45) is 5.92 Å². The lowest BCUT2D eigenvalue weighted by Crippen LogP contribution is -2.52. The number of hydrogen-bond acceptors (Lipinski definition) is 9. The number of alkyl carbamates (subject to hydrolysis) is 1. The van der Waals surface area contributed by atoms with E-state index in [0.717, 1.165) is 65.9 Å². The van der Waals surface area contributed by atoms with Crippen LogP contribution in [0.4, 0.5) is 4.79 Å². The highest BCUT2D eigenvalue weighted by atomic mass is 16.6. The molecule has 0 saturated carbocycles. The molecule has 0 radical (unpaired) electrons. The van der Waals surface area contributed by atoms with Crippen LogP contribution in [0, 0.1) is 5.92 Å². The first-order valence-electron chi connectivity index (χ1n) is 23.5. The molecule has 2 amide bonds. The fourth-order valence-corrected chi connectivity index (χ4v) is 9.41. The highest BCUT2D eigenvalue weighted by Gasteiger charge is 2.37. The second-order valence-corrected chi connectivity index (χ2v) is 17.8. The highest BCUT2D eigenvalue weighted by molar-refractivity contribution is 5.94. The summed E-state index contributed by atoms with van der Waals surface area (Å²) in [5.41, 5.74) is 7.01. The van der Waals surface area contributed by atoms with Gasteiger partial charge in [0.05, 0.1) is 17.7 Å². The first-order valence-corrected chi connectivity index (χ1v) is 23.5. The van der Waals surface area contributed by atoms with E-state index in [4.69, 9.17) is 9.47 Å². The Bertz CT molecular complexity index is 2850. The number of nitrogens with one attached hydrogen (secondary N) is 3. The molecular weight excluding hydrogens is 855 g/mol. The lowest BCUT2D eigenvalue weighted by atomic mass is 9.86. The van der Waals surface area contributed by atoms with Gasteiger partial charge in [-0.15, -0.1) is 0 Å². The zero-order chi connectivity index (χ0) is 46.8. The monoisotopic (exact) mass is 911 g/mol. The minimum absolute atomic E-state index is 0.0580. The van der Waals surface area contributed by atoms with Crippen molar-refractivity contribution in [3.63, 3.8) is 0 Å². The van der Waals surface area contributed by atoms with Gasteiger partial charge in [-0.2, -0.15) is 0 Å². The number of carbonyl (C=O) groups excluding carboxylic acids is 2. The Hall–Kier alpha value is -7.25. The van der Waals surface area contributed by atoms with Crippen molar-refractivity contribution < 1.29 is 29.3 Å². The van der Waals surface area contributed by atoms with E-state index >= 15 is 0 Å². The Labute approximate surface area is 396 Å².